The van der Waals surface area contributed by atoms with Gasteiger partial charge < -0.3 is 14.7 Å². The van der Waals surface area contributed by atoms with E-state index >= 15 is 0 Å². The number of aromatic nitrogens is 2. The minimum absolute atomic E-state index is 0.260. The standard InChI is InChI=1S/C10H15N3O2/c1-15-9-5-11-10(12-6-9)13-4-2-3-8(14)7-13/h5-6,8,14H,2-4,7H2,1H3. The number of piperidine rings is 1. The maximum absolute atomic E-state index is 9.52. The molecule has 0 radical (unpaired) electrons. The van der Waals surface area contributed by atoms with Gasteiger partial charge >= 0.3 is 0 Å². The number of anilines is 1. The topological polar surface area (TPSA) is 58.5 Å². The summed E-state index contributed by atoms with van der Waals surface area (Å²) in [4.78, 5) is 10.4. The molecule has 1 aliphatic heterocycles. The molecule has 5 nitrogen and oxygen atoms in total. The Morgan fingerprint density at radius 3 is 2.80 bits per heavy atom. The summed E-state index contributed by atoms with van der Waals surface area (Å²) >= 11 is 0. The van der Waals surface area contributed by atoms with Crippen molar-refractivity contribution in [3.63, 3.8) is 0 Å². The first-order chi connectivity index (χ1) is 7.29. The van der Waals surface area contributed by atoms with Gasteiger partial charge in [-0.3, -0.25) is 0 Å². The fraction of sp³-hybridized carbons (Fsp3) is 0.600. The number of β-amino-alcohol motifs (C(OH)–C–C–N with tert-alkyl or cyclic N) is 1. The van der Waals surface area contributed by atoms with Crippen LogP contribution in [0.1, 0.15) is 12.8 Å². The van der Waals surface area contributed by atoms with Gasteiger partial charge in [0.1, 0.15) is 0 Å². The lowest BCUT2D eigenvalue weighted by Crippen LogP contribution is -2.39. The van der Waals surface area contributed by atoms with Crippen molar-refractivity contribution in [1.29, 1.82) is 0 Å². The number of nitrogens with zero attached hydrogens (tertiary/aromatic N) is 3. The number of aliphatic hydroxyl groups excluding tert-OH is 1. The van der Waals surface area contributed by atoms with Crippen LogP contribution in [0.25, 0.3) is 0 Å². The van der Waals surface area contributed by atoms with Gasteiger partial charge in [-0.25, -0.2) is 9.97 Å². The number of ether oxygens (including phenoxy) is 1. The summed E-state index contributed by atoms with van der Waals surface area (Å²) in [6.45, 7) is 1.52. The van der Waals surface area contributed by atoms with E-state index in [9.17, 15) is 5.11 Å². The van der Waals surface area contributed by atoms with Crippen molar-refractivity contribution in [2.45, 2.75) is 18.9 Å². The zero-order valence-electron chi connectivity index (χ0n) is 8.76. The van der Waals surface area contributed by atoms with Gasteiger partial charge in [-0.2, -0.15) is 0 Å². The summed E-state index contributed by atoms with van der Waals surface area (Å²) in [5.41, 5.74) is 0. The Morgan fingerprint density at radius 1 is 1.47 bits per heavy atom. The Bertz CT molecular complexity index is 315. The third-order valence-corrected chi connectivity index (χ3v) is 2.53. The Balaban J connectivity index is 2.07. The summed E-state index contributed by atoms with van der Waals surface area (Å²) in [5.74, 6) is 1.31. The van der Waals surface area contributed by atoms with Gasteiger partial charge in [-0.1, -0.05) is 0 Å². The van der Waals surface area contributed by atoms with Crippen LogP contribution in [0.4, 0.5) is 5.95 Å². The Hall–Kier alpha value is -1.36. The fourth-order valence-electron chi connectivity index (χ4n) is 1.71. The molecular weight excluding hydrogens is 194 g/mol. The van der Waals surface area contributed by atoms with Crippen LogP contribution < -0.4 is 9.64 Å². The molecular formula is C10H15N3O2. The molecule has 0 aliphatic carbocycles. The van der Waals surface area contributed by atoms with E-state index in [4.69, 9.17) is 4.74 Å². The van der Waals surface area contributed by atoms with Crippen LogP contribution in [0.3, 0.4) is 0 Å². The van der Waals surface area contributed by atoms with Crippen LogP contribution in [0.5, 0.6) is 5.75 Å². The highest BCUT2D eigenvalue weighted by Crippen LogP contribution is 2.16. The molecule has 0 amide bonds. The molecule has 15 heavy (non-hydrogen) atoms. The SMILES string of the molecule is COc1cnc(N2CCCC(O)C2)nc1. The molecule has 0 bridgehead atoms. The molecule has 0 saturated carbocycles. The molecule has 2 rings (SSSR count). The first kappa shape index (κ1) is 10.2. The first-order valence-corrected chi connectivity index (χ1v) is 5.08. The lowest BCUT2D eigenvalue weighted by molar-refractivity contribution is 0.153. The third kappa shape index (κ3) is 2.36. The highest BCUT2D eigenvalue weighted by atomic mass is 16.5. The second-order valence-electron chi connectivity index (χ2n) is 3.66. The average Bonchev–Trinajstić information content (AvgIpc) is 2.29. The highest BCUT2D eigenvalue weighted by molar-refractivity contribution is 5.32. The van der Waals surface area contributed by atoms with Crippen LogP contribution in [0.15, 0.2) is 12.4 Å². The highest BCUT2D eigenvalue weighted by Gasteiger charge is 2.19. The van der Waals surface area contributed by atoms with E-state index < -0.39 is 0 Å². The predicted molar refractivity (Wildman–Crippen MR) is 56.0 cm³/mol. The maximum Gasteiger partial charge on any atom is 0.225 e. The average molecular weight is 209 g/mol. The van der Waals surface area contributed by atoms with Crippen LogP contribution in [-0.2, 0) is 0 Å². The normalized spacial score (nSPS) is 21.5. The van der Waals surface area contributed by atoms with Gasteiger partial charge in [0.15, 0.2) is 5.75 Å². The Kier molecular flexibility index (Phi) is 3.01. The molecule has 1 aromatic rings. The van der Waals surface area contributed by atoms with Crippen molar-refractivity contribution in [3.8, 4) is 5.75 Å². The quantitative estimate of drug-likeness (QED) is 0.766. The number of rotatable bonds is 2. The summed E-state index contributed by atoms with van der Waals surface area (Å²) in [5, 5.41) is 9.52. The molecule has 1 fully saturated rings. The van der Waals surface area contributed by atoms with E-state index in [0.717, 1.165) is 19.4 Å². The lowest BCUT2D eigenvalue weighted by atomic mass is 10.1. The summed E-state index contributed by atoms with van der Waals surface area (Å²) in [6, 6.07) is 0. The van der Waals surface area contributed by atoms with Crippen LogP contribution >= 0.6 is 0 Å². The molecule has 82 valence electrons. The van der Waals surface area contributed by atoms with Gasteiger partial charge in [0.2, 0.25) is 5.95 Å². The lowest BCUT2D eigenvalue weighted by Gasteiger charge is -2.29. The Labute approximate surface area is 88.7 Å². The molecule has 5 heteroatoms. The summed E-state index contributed by atoms with van der Waals surface area (Å²) in [7, 11) is 1.59. The van der Waals surface area contributed by atoms with Crippen molar-refractivity contribution < 1.29 is 9.84 Å². The minimum Gasteiger partial charge on any atom is -0.494 e. The van der Waals surface area contributed by atoms with Gasteiger partial charge in [-0.15, -0.1) is 0 Å². The van der Waals surface area contributed by atoms with Gasteiger partial charge in [0, 0.05) is 13.1 Å². The van der Waals surface area contributed by atoms with E-state index in [2.05, 4.69) is 9.97 Å². The molecule has 2 heterocycles. The zero-order valence-corrected chi connectivity index (χ0v) is 8.76. The molecule has 1 saturated heterocycles. The summed E-state index contributed by atoms with van der Waals surface area (Å²) in [6.07, 6.45) is 4.88. The van der Waals surface area contributed by atoms with Crippen molar-refractivity contribution in [1.82, 2.24) is 9.97 Å². The van der Waals surface area contributed by atoms with Gasteiger partial charge in [0.05, 0.1) is 25.6 Å². The first-order valence-electron chi connectivity index (χ1n) is 5.08. The number of hydrogen-bond acceptors (Lipinski definition) is 5. The molecule has 1 atom stereocenters. The van der Waals surface area contributed by atoms with E-state index in [1.54, 1.807) is 19.5 Å². The number of methoxy groups -OCH3 is 1. The fourth-order valence-corrected chi connectivity index (χ4v) is 1.71. The van der Waals surface area contributed by atoms with Crippen LogP contribution in [-0.4, -0.2) is 41.4 Å². The van der Waals surface area contributed by atoms with Crippen LogP contribution in [0.2, 0.25) is 0 Å². The smallest absolute Gasteiger partial charge is 0.225 e. The van der Waals surface area contributed by atoms with Gasteiger partial charge in [-0.05, 0) is 12.8 Å². The Morgan fingerprint density at radius 2 is 2.20 bits per heavy atom. The second-order valence-corrected chi connectivity index (χ2v) is 3.66. The van der Waals surface area contributed by atoms with Crippen LogP contribution in [0, 0.1) is 0 Å². The van der Waals surface area contributed by atoms with E-state index in [1.807, 2.05) is 4.90 Å². The van der Waals surface area contributed by atoms with Gasteiger partial charge in [0.25, 0.3) is 0 Å². The molecule has 1 aromatic heterocycles. The zero-order chi connectivity index (χ0) is 10.7. The summed E-state index contributed by atoms with van der Waals surface area (Å²) < 4.78 is 4.98. The maximum atomic E-state index is 9.52. The largest absolute Gasteiger partial charge is 0.494 e. The molecule has 0 aromatic carbocycles. The molecule has 0 spiro atoms. The van der Waals surface area contributed by atoms with Crippen molar-refractivity contribution in [2.75, 3.05) is 25.1 Å². The monoisotopic (exact) mass is 209 g/mol. The van der Waals surface area contributed by atoms with Crippen molar-refractivity contribution in [2.24, 2.45) is 0 Å². The van der Waals surface area contributed by atoms with E-state index in [1.165, 1.54) is 0 Å². The number of aliphatic hydroxyl groups is 1. The molecule has 1 unspecified atom stereocenters. The second kappa shape index (κ2) is 4.44. The predicted octanol–water partition coefficient (Wildman–Crippen LogP) is 0.446. The van der Waals surface area contributed by atoms with Crippen molar-refractivity contribution >= 4 is 5.95 Å². The third-order valence-electron chi connectivity index (χ3n) is 2.53. The van der Waals surface area contributed by atoms with Crippen molar-refractivity contribution in [3.05, 3.63) is 12.4 Å². The molecule has 1 N–H and O–H groups in total. The number of hydrogen-bond donors (Lipinski definition) is 1. The van der Waals surface area contributed by atoms with E-state index in [0.29, 0.717) is 18.2 Å². The minimum atomic E-state index is -0.260. The van der Waals surface area contributed by atoms with E-state index in [-0.39, 0.29) is 6.10 Å². The molecule has 1 aliphatic rings.